The van der Waals surface area contributed by atoms with Crippen LogP contribution in [0.1, 0.15) is 46.3 Å². The molecule has 8 heteroatoms. The van der Waals surface area contributed by atoms with E-state index < -0.39 is 5.41 Å². The Labute approximate surface area is 277 Å². The number of rotatable bonds is 8. The summed E-state index contributed by atoms with van der Waals surface area (Å²) in [6.07, 6.45) is 5.38. The quantitative estimate of drug-likeness (QED) is 0.280. The maximum atomic E-state index is 15.0. The summed E-state index contributed by atoms with van der Waals surface area (Å²) < 4.78 is 0. The number of carbonyl (C=O) groups is 3. The van der Waals surface area contributed by atoms with Gasteiger partial charge in [-0.2, -0.15) is 0 Å². The molecule has 0 radical (unpaired) electrons. The van der Waals surface area contributed by atoms with Gasteiger partial charge in [0.05, 0.1) is 5.41 Å². The Balaban J connectivity index is 1.12. The van der Waals surface area contributed by atoms with E-state index in [4.69, 9.17) is 0 Å². The minimum absolute atomic E-state index is 0.00390. The Morgan fingerprint density at radius 1 is 0.957 bits per heavy atom. The van der Waals surface area contributed by atoms with Crippen LogP contribution in [0, 0.1) is 24.2 Å². The number of aryl methyl sites for hydroxylation is 1. The summed E-state index contributed by atoms with van der Waals surface area (Å²) in [7, 11) is 4.18. The zero-order chi connectivity index (χ0) is 32.7. The average molecular weight is 632 g/mol. The number of H-pyrrole nitrogens is 1. The van der Waals surface area contributed by atoms with Crippen molar-refractivity contribution in [2.24, 2.45) is 17.3 Å². The van der Waals surface area contributed by atoms with Crippen molar-refractivity contribution in [2.75, 3.05) is 45.2 Å². The lowest BCUT2D eigenvalue weighted by atomic mass is 9.86. The second-order valence-electron chi connectivity index (χ2n) is 14.2. The molecule has 8 nitrogen and oxygen atoms in total. The largest absolute Gasteiger partial charge is 0.361 e. The molecule has 3 unspecified atom stereocenters. The number of nitrogens with zero attached hydrogens (tertiary/aromatic N) is 3. The maximum absolute atomic E-state index is 15.0. The molecule has 3 aromatic carbocycles. The molecular formula is C39H45N5O3. The summed E-state index contributed by atoms with van der Waals surface area (Å²) >= 11 is 0. The summed E-state index contributed by atoms with van der Waals surface area (Å²) in [6, 6.07) is 23.6. The van der Waals surface area contributed by atoms with Crippen LogP contribution in [0.15, 0.2) is 79.0 Å². The topological polar surface area (TPSA) is 88.8 Å². The number of fused-ring (bicyclic) bond motifs is 2. The molecule has 3 heterocycles. The number of amides is 3. The SMILES string of the molecule is Cc1cccc2c1CC(CN(C)C)CN2C(=O)C1(Cc2c[nH]c3ccccc23)CC1NC(=O)C1CCN(C(=O)c2ccccc2)CC1. The fourth-order valence-electron chi connectivity index (χ4n) is 8.03. The van der Waals surface area contributed by atoms with Gasteiger partial charge in [0, 0.05) is 66.5 Å². The summed E-state index contributed by atoms with van der Waals surface area (Å²) in [5.74, 6) is 0.254. The first-order valence-electron chi connectivity index (χ1n) is 17.0. The number of anilines is 1. The highest BCUT2D eigenvalue weighted by Gasteiger charge is 2.62. The molecule has 1 aromatic heterocycles. The molecule has 3 aliphatic rings. The van der Waals surface area contributed by atoms with E-state index in [1.54, 1.807) is 0 Å². The molecule has 2 N–H and O–H groups in total. The van der Waals surface area contributed by atoms with Gasteiger partial charge in [-0.15, -0.1) is 0 Å². The molecule has 0 bridgehead atoms. The number of likely N-dealkylation sites (tertiary alicyclic amines) is 1. The summed E-state index contributed by atoms with van der Waals surface area (Å²) in [5.41, 5.74) is 5.57. The van der Waals surface area contributed by atoms with Gasteiger partial charge in [0.2, 0.25) is 11.8 Å². The molecule has 2 fully saturated rings. The molecular weight excluding hydrogens is 586 g/mol. The third-order valence-electron chi connectivity index (χ3n) is 10.7. The number of benzene rings is 3. The van der Waals surface area contributed by atoms with Crippen molar-refractivity contribution < 1.29 is 14.4 Å². The van der Waals surface area contributed by atoms with E-state index in [0.717, 1.165) is 35.1 Å². The molecule has 1 saturated heterocycles. The van der Waals surface area contributed by atoms with Crippen LogP contribution in [-0.2, 0) is 22.4 Å². The third kappa shape index (κ3) is 6.07. The van der Waals surface area contributed by atoms with Crippen molar-refractivity contribution >= 4 is 34.3 Å². The van der Waals surface area contributed by atoms with Gasteiger partial charge in [-0.3, -0.25) is 14.4 Å². The molecule has 1 saturated carbocycles. The van der Waals surface area contributed by atoms with Gasteiger partial charge in [0.1, 0.15) is 0 Å². The molecule has 244 valence electrons. The monoisotopic (exact) mass is 631 g/mol. The van der Waals surface area contributed by atoms with E-state index >= 15 is 0 Å². The summed E-state index contributed by atoms with van der Waals surface area (Å²) in [6.45, 7) is 4.80. The lowest BCUT2D eigenvalue weighted by molar-refractivity contribution is -0.127. The number of nitrogens with one attached hydrogen (secondary N) is 2. The Bertz CT molecular complexity index is 1790. The van der Waals surface area contributed by atoms with Gasteiger partial charge in [-0.05, 0) is 100.0 Å². The van der Waals surface area contributed by atoms with Crippen LogP contribution in [0.25, 0.3) is 10.9 Å². The number of carbonyl (C=O) groups excluding carboxylic acids is 3. The van der Waals surface area contributed by atoms with Crippen molar-refractivity contribution in [3.05, 3.63) is 101 Å². The Morgan fingerprint density at radius 2 is 1.70 bits per heavy atom. The van der Waals surface area contributed by atoms with Gasteiger partial charge in [-0.25, -0.2) is 0 Å². The number of hydrogen-bond donors (Lipinski definition) is 2. The van der Waals surface area contributed by atoms with E-state index in [0.29, 0.717) is 56.8 Å². The van der Waals surface area contributed by atoms with E-state index in [-0.39, 0.29) is 29.7 Å². The minimum atomic E-state index is -0.731. The lowest BCUT2D eigenvalue weighted by Crippen LogP contribution is -2.49. The van der Waals surface area contributed by atoms with E-state index in [9.17, 15) is 14.4 Å². The van der Waals surface area contributed by atoms with Gasteiger partial charge in [0.25, 0.3) is 5.91 Å². The predicted molar refractivity (Wildman–Crippen MR) is 185 cm³/mol. The number of piperidine rings is 1. The smallest absolute Gasteiger partial charge is 0.253 e. The van der Waals surface area contributed by atoms with E-state index in [2.05, 4.69) is 60.5 Å². The third-order valence-corrected chi connectivity index (χ3v) is 10.7. The normalized spacial score (nSPS) is 22.7. The molecule has 47 heavy (non-hydrogen) atoms. The van der Waals surface area contributed by atoms with Crippen LogP contribution in [0.5, 0.6) is 0 Å². The van der Waals surface area contributed by atoms with Gasteiger partial charge in [-0.1, -0.05) is 48.5 Å². The zero-order valence-corrected chi connectivity index (χ0v) is 27.7. The Morgan fingerprint density at radius 3 is 2.47 bits per heavy atom. The number of aromatic nitrogens is 1. The Hall–Kier alpha value is -4.43. The van der Waals surface area contributed by atoms with E-state index in [1.807, 2.05) is 64.5 Å². The molecule has 0 spiro atoms. The first-order valence-corrected chi connectivity index (χ1v) is 17.0. The highest BCUT2D eigenvalue weighted by atomic mass is 16.2. The van der Waals surface area contributed by atoms with Crippen molar-refractivity contribution in [1.82, 2.24) is 20.1 Å². The van der Waals surface area contributed by atoms with Crippen LogP contribution < -0.4 is 10.2 Å². The molecule has 3 atom stereocenters. The highest BCUT2D eigenvalue weighted by molar-refractivity contribution is 6.02. The molecule has 4 aromatic rings. The molecule has 2 aliphatic heterocycles. The summed E-state index contributed by atoms with van der Waals surface area (Å²) in [5, 5.41) is 4.46. The fourth-order valence-corrected chi connectivity index (χ4v) is 8.03. The first-order chi connectivity index (χ1) is 22.7. The van der Waals surface area contributed by atoms with Gasteiger partial charge >= 0.3 is 0 Å². The van der Waals surface area contributed by atoms with E-state index in [1.165, 1.54) is 11.1 Å². The summed E-state index contributed by atoms with van der Waals surface area (Å²) in [4.78, 5) is 51.2. The Kier molecular flexibility index (Phi) is 8.39. The van der Waals surface area contributed by atoms with Crippen LogP contribution in [0.3, 0.4) is 0 Å². The van der Waals surface area contributed by atoms with Crippen LogP contribution in [-0.4, -0.2) is 78.8 Å². The van der Waals surface area contributed by atoms with Crippen molar-refractivity contribution in [1.29, 1.82) is 0 Å². The standard InChI is InChI=1S/C39H45N5O3/c1-26-10-9-15-34-32(26)20-27(24-42(2)3)25-44(34)38(47)39(21-30-23-40-33-14-8-7-13-31(30)33)22-35(39)41-36(45)28-16-18-43(19-17-28)37(46)29-11-5-4-6-12-29/h4-15,23,27-28,35,40H,16-22,24-25H2,1-3H3,(H,41,45). The van der Waals surface area contributed by atoms with Crippen LogP contribution in [0.4, 0.5) is 5.69 Å². The molecule has 3 amide bonds. The van der Waals surface area contributed by atoms with Crippen molar-refractivity contribution in [3.8, 4) is 0 Å². The van der Waals surface area contributed by atoms with Gasteiger partial charge < -0.3 is 25.0 Å². The van der Waals surface area contributed by atoms with Crippen LogP contribution >= 0.6 is 0 Å². The minimum Gasteiger partial charge on any atom is -0.361 e. The average Bonchev–Trinajstić information content (AvgIpc) is 3.62. The lowest BCUT2D eigenvalue weighted by Gasteiger charge is -2.38. The molecule has 1 aliphatic carbocycles. The first kappa shape index (κ1) is 31.2. The zero-order valence-electron chi connectivity index (χ0n) is 27.7. The van der Waals surface area contributed by atoms with Gasteiger partial charge in [0.15, 0.2) is 0 Å². The molecule has 7 rings (SSSR count). The maximum Gasteiger partial charge on any atom is 0.253 e. The second kappa shape index (κ2) is 12.6. The van der Waals surface area contributed by atoms with Crippen molar-refractivity contribution in [3.63, 3.8) is 0 Å². The number of hydrogen-bond acceptors (Lipinski definition) is 4. The number of aromatic amines is 1. The highest BCUT2D eigenvalue weighted by Crippen LogP contribution is 2.52. The second-order valence-corrected chi connectivity index (χ2v) is 14.2. The number of para-hydroxylation sites is 1. The predicted octanol–water partition coefficient (Wildman–Crippen LogP) is 5.21. The fraction of sp³-hybridized carbons (Fsp3) is 0.410. The van der Waals surface area contributed by atoms with Crippen molar-refractivity contribution in [2.45, 2.75) is 45.1 Å². The van der Waals surface area contributed by atoms with Crippen LogP contribution in [0.2, 0.25) is 0 Å².